The average molecular weight is 291 g/mol. The molecular weight excluding hydrogens is 270 g/mol. The molecule has 108 valence electrons. The van der Waals surface area contributed by atoms with Gasteiger partial charge in [-0.1, -0.05) is 0 Å². The fraction of sp³-hybridized carbons (Fsp3) is 0.571. The summed E-state index contributed by atoms with van der Waals surface area (Å²) < 4.78 is 26.1. The minimum absolute atomic E-state index is 0. The van der Waals surface area contributed by atoms with Crippen molar-refractivity contribution in [1.29, 1.82) is 0 Å². The predicted octanol–water partition coefficient (Wildman–Crippen LogP) is 2.82. The van der Waals surface area contributed by atoms with E-state index in [0.29, 0.717) is 18.0 Å². The number of hydrogen-bond donors (Lipinski definition) is 1. The Bertz CT molecular complexity index is 375. The molecule has 0 spiro atoms. The van der Waals surface area contributed by atoms with Gasteiger partial charge in [0, 0.05) is 19.2 Å². The van der Waals surface area contributed by atoms with Gasteiger partial charge in [0.05, 0.1) is 0 Å². The van der Waals surface area contributed by atoms with E-state index in [2.05, 4.69) is 10.2 Å². The van der Waals surface area contributed by atoms with Crippen LogP contribution in [0.2, 0.25) is 0 Å². The Morgan fingerprint density at radius 2 is 1.74 bits per heavy atom. The second-order valence-electron chi connectivity index (χ2n) is 5.17. The molecule has 5 heteroatoms. The zero-order chi connectivity index (χ0) is 13.0. The minimum atomic E-state index is -0.500. The lowest BCUT2D eigenvalue weighted by molar-refractivity contribution is 0.234. The van der Waals surface area contributed by atoms with Crippen LogP contribution in [0.5, 0.6) is 0 Å². The van der Waals surface area contributed by atoms with E-state index in [1.807, 2.05) is 7.05 Å². The van der Waals surface area contributed by atoms with E-state index in [0.717, 1.165) is 25.7 Å². The molecular formula is C14H21ClF2N2. The molecule has 0 radical (unpaired) electrons. The van der Waals surface area contributed by atoms with Gasteiger partial charge in [-0.25, -0.2) is 8.78 Å². The van der Waals surface area contributed by atoms with Crippen molar-refractivity contribution in [1.82, 2.24) is 10.2 Å². The van der Waals surface area contributed by atoms with E-state index >= 15 is 0 Å². The van der Waals surface area contributed by atoms with Crippen molar-refractivity contribution < 1.29 is 8.78 Å². The van der Waals surface area contributed by atoms with E-state index in [1.54, 1.807) is 0 Å². The van der Waals surface area contributed by atoms with Crippen LogP contribution >= 0.6 is 12.4 Å². The maximum absolute atomic E-state index is 13.1. The molecule has 1 aromatic rings. The molecule has 0 unspecified atom stereocenters. The summed E-state index contributed by atoms with van der Waals surface area (Å²) in [6.45, 7) is 3.73. The summed E-state index contributed by atoms with van der Waals surface area (Å²) in [7, 11) is 2.00. The molecule has 1 fully saturated rings. The maximum atomic E-state index is 13.1. The van der Waals surface area contributed by atoms with Crippen molar-refractivity contribution >= 4 is 12.4 Å². The summed E-state index contributed by atoms with van der Waals surface area (Å²) in [5, 5.41) is 3.33. The van der Waals surface area contributed by atoms with Gasteiger partial charge in [-0.15, -0.1) is 12.4 Å². The first-order valence-corrected chi connectivity index (χ1v) is 6.48. The van der Waals surface area contributed by atoms with Crippen molar-refractivity contribution in [2.75, 3.05) is 26.7 Å². The van der Waals surface area contributed by atoms with Gasteiger partial charge in [-0.05, 0) is 56.6 Å². The molecule has 0 saturated carbocycles. The number of nitrogens with one attached hydrogen (secondary N) is 1. The van der Waals surface area contributed by atoms with E-state index in [9.17, 15) is 8.78 Å². The second kappa shape index (κ2) is 7.78. The van der Waals surface area contributed by atoms with Crippen LogP contribution < -0.4 is 5.32 Å². The third-order valence-electron chi connectivity index (χ3n) is 3.40. The Balaban J connectivity index is 0.00000180. The zero-order valence-corrected chi connectivity index (χ0v) is 12.0. The molecule has 1 aromatic carbocycles. The molecule has 1 aliphatic rings. The number of piperidine rings is 1. The van der Waals surface area contributed by atoms with Crippen molar-refractivity contribution in [3.8, 4) is 0 Å². The van der Waals surface area contributed by atoms with Crippen LogP contribution in [0.3, 0.4) is 0 Å². The quantitative estimate of drug-likeness (QED) is 0.917. The number of hydrogen-bond acceptors (Lipinski definition) is 2. The molecule has 0 bridgehead atoms. The topological polar surface area (TPSA) is 15.3 Å². The molecule has 1 saturated heterocycles. The lowest BCUT2D eigenvalue weighted by Gasteiger charge is -2.27. The monoisotopic (exact) mass is 290 g/mol. The van der Waals surface area contributed by atoms with Gasteiger partial charge in [-0.3, -0.25) is 0 Å². The van der Waals surface area contributed by atoms with Crippen LogP contribution in [0.4, 0.5) is 8.78 Å². The summed E-state index contributed by atoms with van der Waals surface area (Å²) in [6, 6.07) is 3.72. The highest BCUT2D eigenvalue weighted by Crippen LogP contribution is 2.15. The lowest BCUT2D eigenvalue weighted by atomic mass is 9.97. The summed E-state index contributed by atoms with van der Waals surface area (Å²) in [4.78, 5) is 2.14. The van der Waals surface area contributed by atoms with Crippen LogP contribution in [-0.2, 0) is 6.54 Å². The van der Waals surface area contributed by atoms with E-state index < -0.39 is 11.6 Å². The van der Waals surface area contributed by atoms with Crippen LogP contribution in [0.15, 0.2) is 18.2 Å². The van der Waals surface area contributed by atoms with Crippen molar-refractivity contribution in [2.24, 2.45) is 5.92 Å². The van der Waals surface area contributed by atoms with Crippen LogP contribution in [-0.4, -0.2) is 31.6 Å². The molecule has 19 heavy (non-hydrogen) atoms. The van der Waals surface area contributed by atoms with Crippen LogP contribution in [0, 0.1) is 17.6 Å². The smallest absolute Gasteiger partial charge is 0.126 e. The molecule has 2 nitrogen and oxygen atoms in total. The van der Waals surface area contributed by atoms with Gasteiger partial charge in [-0.2, -0.15) is 0 Å². The molecule has 2 rings (SSSR count). The summed E-state index contributed by atoms with van der Waals surface area (Å²) in [5.41, 5.74) is 0.698. The van der Waals surface area contributed by atoms with Gasteiger partial charge in [0.25, 0.3) is 0 Å². The molecule has 1 heterocycles. The third-order valence-corrected chi connectivity index (χ3v) is 3.40. The van der Waals surface area contributed by atoms with Crippen molar-refractivity contribution in [3.63, 3.8) is 0 Å². The Labute approximate surface area is 119 Å². The highest BCUT2D eigenvalue weighted by atomic mass is 35.5. The van der Waals surface area contributed by atoms with E-state index in [-0.39, 0.29) is 12.4 Å². The predicted molar refractivity (Wildman–Crippen MR) is 75.5 cm³/mol. The number of halogens is 3. The molecule has 0 atom stereocenters. The molecule has 0 aliphatic carbocycles. The van der Waals surface area contributed by atoms with Gasteiger partial charge in [0.2, 0.25) is 0 Å². The van der Waals surface area contributed by atoms with Crippen molar-refractivity contribution in [2.45, 2.75) is 19.4 Å². The number of benzene rings is 1. The number of nitrogens with zero attached hydrogens (tertiary/aromatic N) is 1. The van der Waals surface area contributed by atoms with Gasteiger partial charge in [0.15, 0.2) is 0 Å². The molecule has 0 amide bonds. The molecule has 1 aliphatic heterocycles. The molecule has 1 N–H and O–H groups in total. The van der Waals surface area contributed by atoms with Gasteiger partial charge < -0.3 is 10.2 Å². The van der Waals surface area contributed by atoms with Crippen LogP contribution in [0.25, 0.3) is 0 Å². The highest BCUT2D eigenvalue weighted by Gasteiger charge is 2.15. The minimum Gasteiger partial charge on any atom is -0.317 e. The Morgan fingerprint density at radius 3 is 2.32 bits per heavy atom. The van der Waals surface area contributed by atoms with E-state index in [1.165, 1.54) is 25.0 Å². The zero-order valence-electron chi connectivity index (χ0n) is 11.2. The first-order valence-electron chi connectivity index (χ1n) is 6.48. The Kier molecular flexibility index (Phi) is 6.69. The Hall–Kier alpha value is -0.710. The third kappa shape index (κ3) is 5.43. The first kappa shape index (κ1) is 16.3. The van der Waals surface area contributed by atoms with Crippen LogP contribution in [0.1, 0.15) is 18.4 Å². The summed E-state index contributed by atoms with van der Waals surface area (Å²) >= 11 is 0. The largest absolute Gasteiger partial charge is 0.317 e. The SMILES string of the molecule is CN(Cc1cc(F)cc(F)c1)CC1CCNCC1.Cl. The highest BCUT2D eigenvalue weighted by molar-refractivity contribution is 5.85. The Morgan fingerprint density at radius 1 is 1.16 bits per heavy atom. The average Bonchev–Trinajstić information content (AvgIpc) is 2.28. The number of rotatable bonds is 4. The van der Waals surface area contributed by atoms with Gasteiger partial charge in [0.1, 0.15) is 11.6 Å². The van der Waals surface area contributed by atoms with Gasteiger partial charge >= 0.3 is 0 Å². The first-order chi connectivity index (χ1) is 8.63. The second-order valence-corrected chi connectivity index (χ2v) is 5.17. The lowest BCUT2D eigenvalue weighted by Crippen LogP contribution is -2.34. The maximum Gasteiger partial charge on any atom is 0.126 e. The standard InChI is InChI=1S/C14H20F2N2.ClH/c1-18(9-11-2-4-17-5-3-11)10-12-6-13(15)8-14(16)7-12;/h6-8,11,17H,2-5,9-10H2,1H3;1H. The fourth-order valence-electron chi connectivity index (χ4n) is 2.58. The molecule has 0 aromatic heterocycles. The normalized spacial score (nSPS) is 16.4. The van der Waals surface area contributed by atoms with E-state index in [4.69, 9.17) is 0 Å². The summed E-state index contributed by atoms with van der Waals surface area (Å²) in [6.07, 6.45) is 2.36. The fourth-order valence-corrected chi connectivity index (χ4v) is 2.58. The van der Waals surface area contributed by atoms with Crippen molar-refractivity contribution in [3.05, 3.63) is 35.4 Å². The summed E-state index contributed by atoms with van der Waals surface area (Å²) in [5.74, 6) is -0.310.